The molecule has 1 aliphatic heterocycles. The zero-order valence-electron chi connectivity index (χ0n) is 27.3. The lowest BCUT2D eigenvalue weighted by Crippen LogP contribution is -2.48. The van der Waals surface area contributed by atoms with E-state index in [0.717, 1.165) is 23.4 Å². The van der Waals surface area contributed by atoms with Crippen molar-refractivity contribution < 1.29 is 13.6 Å². The van der Waals surface area contributed by atoms with E-state index < -0.39 is 24.9 Å². The molecule has 1 N–H and O–H groups in total. The number of anilines is 1. The molecule has 39 heavy (non-hydrogen) atoms. The highest BCUT2D eigenvalue weighted by molar-refractivity contribution is 6.83. The van der Waals surface area contributed by atoms with Gasteiger partial charge in [-0.2, -0.15) is 0 Å². The number of fused-ring (bicyclic) bond motifs is 1. The molecule has 1 saturated heterocycles. The molecule has 1 aliphatic rings. The largest absolute Gasteiger partial charge is 0.414 e. The topological polar surface area (TPSA) is 83.3 Å². The Bertz CT molecular complexity index is 1150. The van der Waals surface area contributed by atoms with E-state index in [1.165, 1.54) is 0 Å². The summed E-state index contributed by atoms with van der Waals surface area (Å²) in [5.74, 6) is 0.801. The van der Waals surface area contributed by atoms with E-state index in [2.05, 4.69) is 121 Å². The summed E-state index contributed by atoms with van der Waals surface area (Å²) in [6, 6.07) is 0. The minimum atomic E-state index is -2.03. The van der Waals surface area contributed by atoms with E-state index in [0.29, 0.717) is 6.61 Å². The Kier molecular flexibility index (Phi) is 8.82. The number of rotatable bonds is 8. The lowest BCUT2D eigenvalue weighted by atomic mass is 10.2. The van der Waals surface area contributed by atoms with Crippen LogP contribution in [0.25, 0.3) is 11.2 Å². The average Bonchev–Trinajstić information content (AvgIpc) is 3.34. The van der Waals surface area contributed by atoms with Gasteiger partial charge in [-0.05, 0) is 41.3 Å². The quantitative estimate of drug-likeness (QED) is 0.311. The van der Waals surface area contributed by atoms with Crippen molar-refractivity contribution in [2.24, 2.45) is 0 Å². The van der Waals surface area contributed by atoms with E-state index in [4.69, 9.17) is 18.6 Å². The minimum absolute atomic E-state index is 0.0511. The monoisotopic (exact) mass is 593 g/mol. The first-order chi connectivity index (χ1) is 17.5. The zero-order chi connectivity index (χ0) is 29.8. The molecule has 0 unspecified atom stereocenters. The van der Waals surface area contributed by atoms with Gasteiger partial charge < -0.3 is 18.6 Å². The van der Waals surface area contributed by atoms with Gasteiger partial charge in [0.25, 0.3) is 0 Å². The van der Waals surface area contributed by atoms with Crippen molar-refractivity contribution in [1.29, 1.82) is 0 Å². The normalized spacial score (nSPS) is 22.1. The molecule has 2 aromatic heterocycles. The second kappa shape index (κ2) is 10.6. The number of nitrogens with one attached hydrogen (secondary N) is 1. The Morgan fingerprint density at radius 1 is 0.872 bits per heavy atom. The molecule has 2 aromatic rings. The Morgan fingerprint density at radius 3 is 2.00 bits per heavy atom. The molecule has 0 bridgehead atoms. The SMILES string of the molecule is CC(C)(C)[Si](C)(C)Nc1ncnc2c1ncn2[C@H]1C[C@H](O[Si](C)(C)C(C)(C)C)[C@@H](CO[Si](C)(C)C(C)(C)C)O1. The van der Waals surface area contributed by atoms with Crippen LogP contribution in [0.4, 0.5) is 5.82 Å². The van der Waals surface area contributed by atoms with Gasteiger partial charge in [-0.15, -0.1) is 0 Å². The molecular weight excluding hydrogens is 539 g/mol. The summed E-state index contributed by atoms with van der Waals surface area (Å²) in [5, 5.41) is 0.397. The zero-order valence-corrected chi connectivity index (χ0v) is 30.3. The Labute approximate surface area is 240 Å². The van der Waals surface area contributed by atoms with Crippen LogP contribution < -0.4 is 4.98 Å². The van der Waals surface area contributed by atoms with Gasteiger partial charge in [0, 0.05) is 6.42 Å². The van der Waals surface area contributed by atoms with Gasteiger partial charge in [0.15, 0.2) is 30.5 Å². The van der Waals surface area contributed by atoms with Crippen molar-refractivity contribution >= 4 is 41.9 Å². The molecule has 0 spiro atoms. The third-order valence-electron chi connectivity index (χ3n) is 9.82. The minimum Gasteiger partial charge on any atom is -0.414 e. The number of aromatic nitrogens is 4. The first-order valence-corrected chi connectivity index (χ1v) is 23.2. The van der Waals surface area contributed by atoms with Crippen molar-refractivity contribution in [2.75, 3.05) is 11.6 Å². The van der Waals surface area contributed by atoms with Gasteiger partial charge in [0.1, 0.15) is 30.0 Å². The van der Waals surface area contributed by atoms with Gasteiger partial charge >= 0.3 is 0 Å². The number of nitrogens with zero attached hydrogens (tertiary/aromatic N) is 4. The van der Waals surface area contributed by atoms with Gasteiger partial charge in [-0.3, -0.25) is 4.57 Å². The second-order valence-electron chi connectivity index (χ2n) is 15.9. The van der Waals surface area contributed by atoms with Crippen molar-refractivity contribution in [1.82, 2.24) is 19.5 Å². The fourth-order valence-electron chi connectivity index (χ4n) is 3.85. The van der Waals surface area contributed by atoms with Gasteiger partial charge in [-0.25, -0.2) is 15.0 Å². The number of imidazole rings is 1. The van der Waals surface area contributed by atoms with E-state index >= 15 is 0 Å². The van der Waals surface area contributed by atoms with Crippen LogP contribution in [0.2, 0.25) is 54.4 Å². The van der Waals surface area contributed by atoms with Crippen molar-refractivity contribution in [2.45, 2.75) is 142 Å². The average molecular weight is 594 g/mol. The van der Waals surface area contributed by atoms with Crippen LogP contribution in [0.3, 0.4) is 0 Å². The lowest BCUT2D eigenvalue weighted by Gasteiger charge is -2.40. The third kappa shape index (κ3) is 6.86. The van der Waals surface area contributed by atoms with E-state index in [1.54, 1.807) is 6.33 Å². The lowest BCUT2D eigenvalue weighted by molar-refractivity contribution is -0.0383. The fourth-order valence-corrected chi connectivity index (χ4v) is 7.37. The highest BCUT2D eigenvalue weighted by Crippen LogP contribution is 2.43. The predicted molar refractivity (Wildman–Crippen MR) is 170 cm³/mol. The van der Waals surface area contributed by atoms with E-state index in [-0.39, 0.29) is 33.6 Å². The van der Waals surface area contributed by atoms with Crippen LogP contribution in [-0.4, -0.2) is 63.2 Å². The molecule has 0 aliphatic carbocycles. The Hall–Kier alpha value is -1.12. The van der Waals surface area contributed by atoms with Gasteiger partial charge in [0.2, 0.25) is 0 Å². The smallest absolute Gasteiger partial charge is 0.192 e. The molecule has 0 radical (unpaired) electrons. The molecule has 0 saturated carbocycles. The maximum absolute atomic E-state index is 6.97. The molecule has 0 amide bonds. The summed E-state index contributed by atoms with van der Waals surface area (Å²) < 4.78 is 22.4. The standard InChI is InChI=1S/C28H55N5O3Si3/c1-26(2,3)37(10,11)32-24-23-25(30-18-29-24)33(19-31-23)22-16-20(36-39(14,15)28(7,8)9)21(35-22)17-34-38(12,13)27(4,5)6/h18-22H,16-17H2,1-15H3,(H,29,30,32)/t20-,21+,22+/m0/s1. The van der Waals surface area contributed by atoms with E-state index in [1.807, 2.05) is 6.33 Å². The Morgan fingerprint density at radius 2 is 1.46 bits per heavy atom. The highest BCUT2D eigenvalue weighted by Gasteiger charge is 2.47. The highest BCUT2D eigenvalue weighted by atomic mass is 28.4. The third-order valence-corrected chi connectivity index (χ3v) is 23.4. The predicted octanol–water partition coefficient (Wildman–Crippen LogP) is 7.94. The summed E-state index contributed by atoms with van der Waals surface area (Å²) in [7, 11) is -5.81. The molecule has 222 valence electrons. The molecular formula is C28H55N5O3Si3. The van der Waals surface area contributed by atoms with Crippen LogP contribution in [-0.2, 0) is 13.6 Å². The Balaban J connectivity index is 1.92. The van der Waals surface area contributed by atoms with Crippen LogP contribution in [0.15, 0.2) is 12.7 Å². The van der Waals surface area contributed by atoms with Crippen molar-refractivity contribution in [3.8, 4) is 0 Å². The molecule has 3 rings (SSSR count). The molecule has 3 heterocycles. The van der Waals surface area contributed by atoms with Crippen LogP contribution in [0, 0.1) is 0 Å². The summed E-state index contributed by atoms with van der Waals surface area (Å²) >= 11 is 0. The van der Waals surface area contributed by atoms with Crippen LogP contribution in [0.1, 0.15) is 75.0 Å². The summed E-state index contributed by atoms with van der Waals surface area (Å²) in [4.78, 5) is 17.8. The summed E-state index contributed by atoms with van der Waals surface area (Å²) in [6.45, 7) is 34.9. The van der Waals surface area contributed by atoms with Gasteiger partial charge in [0.05, 0.1) is 19.0 Å². The summed E-state index contributed by atoms with van der Waals surface area (Å²) in [6.07, 6.45) is 3.78. The summed E-state index contributed by atoms with van der Waals surface area (Å²) in [5.41, 5.74) is 1.57. The number of hydrogen-bond donors (Lipinski definition) is 1. The molecule has 0 aromatic carbocycles. The molecule has 1 fully saturated rings. The molecule has 8 nitrogen and oxygen atoms in total. The van der Waals surface area contributed by atoms with E-state index in [9.17, 15) is 0 Å². The molecule has 3 atom stereocenters. The van der Waals surface area contributed by atoms with Crippen LogP contribution in [0.5, 0.6) is 0 Å². The second-order valence-corrected chi connectivity index (χ2v) is 30.5. The van der Waals surface area contributed by atoms with Crippen molar-refractivity contribution in [3.05, 3.63) is 12.7 Å². The van der Waals surface area contributed by atoms with Crippen molar-refractivity contribution in [3.63, 3.8) is 0 Å². The maximum atomic E-state index is 6.97. The first kappa shape index (κ1) is 32.4. The first-order valence-electron chi connectivity index (χ1n) is 14.4. The number of ether oxygens (including phenoxy) is 1. The van der Waals surface area contributed by atoms with Gasteiger partial charge in [-0.1, -0.05) is 75.4 Å². The fraction of sp³-hybridized carbons (Fsp3) is 0.821. The maximum Gasteiger partial charge on any atom is 0.192 e. The number of hydrogen-bond acceptors (Lipinski definition) is 7. The molecule has 11 heteroatoms. The van der Waals surface area contributed by atoms with Crippen LogP contribution >= 0.6 is 0 Å².